The molecular formula is C22H24FN3O. The van der Waals surface area contributed by atoms with Gasteiger partial charge in [0.1, 0.15) is 5.82 Å². The van der Waals surface area contributed by atoms with Crippen LogP contribution in [-0.2, 0) is 4.79 Å². The van der Waals surface area contributed by atoms with E-state index < -0.39 is 6.04 Å². The fraction of sp³-hybridized carbons (Fsp3) is 0.364. The summed E-state index contributed by atoms with van der Waals surface area (Å²) in [6.07, 6.45) is 2.78. The van der Waals surface area contributed by atoms with Crippen LogP contribution in [0.5, 0.6) is 0 Å². The van der Waals surface area contributed by atoms with Gasteiger partial charge in [-0.15, -0.1) is 0 Å². The summed E-state index contributed by atoms with van der Waals surface area (Å²) in [6, 6.07) is 14.4. The third-order valence-corrected chi connectivity index (χ3v) is 5.34. The molecule has 1 fully saturated rings. The molecule has 0 aliphatic carbocycles. The Morgan fingerprint density at radius 1 is 1.15 bits per heavy atom. The van der Waals surface area contributed by atoms with Gasteiger partial charge in [-0.05, 0) is 44.5 Å². The standard InChI is InChI=1S/C22H24FN3O/c1-16-7-6-8-17(13-16)20-14-21(18-9-2-3-10-19(18)23)26(24-20)22(27)15-25-11-4-5-12-25/h2-3,6-10,13,21H,4-5,11-12,14-15H2,1H3/t21-/m1/s1. The summed E-state index contributed by atoms with van der Waals surface area (Å²) < 4.78 is 14.5. The fourth-order valence-electron chi connectivity index (χ4n) is 3.93. The van der Waals surface area contributed by atoms with Gasteiger partial charge < -0.3 is 0 Å². The summed E-state index contributed by atoms with van der Waals surface area (Å²) in [4.78, 5) is 15.1. The second kappa shape index (κ2) is 7.61. The molecule has 0 spiro atoms. The summed E-state index contributed by atoms with van der Waals surface area (Å²) in [7, 11) is 0. The molecule has 2 aliphatic heterocycles. The Labute approximate surface area is 159 Å². The number of benzene rings is 2. The third kappa shape index (κ3) is 3.78. The van der Waals surface area contributed by atoms with Gasteiger partial charge in [0.15, 0.2) is 0 Å². The Balaban J connectivity index is 1.65. The largest absolute Gasteiger partial charge is 0.294 e. The molecule has 0 saturated carbocycles. The molecule has 27 heavy (non-hydrogen) atoms. The minimum absolute atomic E-state index is 0.0622. The molecule has 0 radical (unpaired) electrons. The number of nitrogens with zero attached hydrogens (tertiary/aromatic N) is 3. The first-order chi connectivity index (χ1) is 13.1. The van der Waals surface area contributed by atoms with Crippen LogP contribution in [0, 0.1) is 12.7 Å². The summed E-state index contributed by atoms with van der Waals surface area (Å²) in [5, 5.41) is 6.16. The van der Waals surface area contributed by atoms with Gasteiger partial charge in [-0.25, -0.2) is 9.40 Å². The van der Waals surface area contributed by atoms with E-state index in [4.69, 9.17) is 0 Å². The first-order valence-electron chi connectivity index (χ1n) is 9.55. The van der Waals surface area contributed by atoms with Crippen molar-refractivity contribution in [1.82, 2.24) is 9.91 Å². The van der Waals surface area contributed by atoms with E-state index in [1.807, 2.05) is 31.2 Å². The van der Waals surface area contributed by atoms with Crippen LogP contribution >= 0.6 is 0 Å². The molecule has 2 aliphatic rings. The fourth-order valence-corrected chi connectivity index (χ4v) is 3.93. The number of carbonyl (C=O) groups excluding carboxylic acids is 1. The number of aryl methyl sites for hydroxylation is 1. The van der Waals surface area contributed by atoms with E-state index in [-0.39, 0.29) is 11.7 Å². The molecule has 4 nitrogen and oxygen atoms in total. The zero-order chi connectivity index (χ0) is 18.8. The number of carbonyl (C=O) groups is 1. The second-order valence-electron chi connectivity index (χ2n) is 7.38. The lowest BCUT2D eigenvalue weighted by atomic mass is 9.97. The molecule has 1 saturated heterocycles. The van der Waals surface area contributed by atoms with Crippen LogP contribution in [0.4, 0.5) is 4.39 Å². The lowest BCUT2D eigenvalue weighted by Crippen LogP contribution is -2.37. The Bertz CT molecular complexity index is 873. The molecule has 2 aromatic rings. The number of hydrazone groups is 1. The monoisotopic (exact) mass is 365 g/mol. The molecule has 2 aromatic carbocycles. The third-order valence-electron chi connectivity index (χ3n) is 5.34. The van der Waals surface area contributed by atoms with Crippen LogP contribution in [0.2, 0.25) is 0 Å². The Morgan fingerprint density at radius 3 is 2.67 bits per heavy atom. The normalized spacial score (nSPS) is 20.1. The maximum absolute atomic E-state index is 14.5. The van der Waals surface area contributed by atoms with E-state index in [9.17, 15) is 9.18 Å². The van der Waals surface area contributed by atoms with Crippen molar-refractivity contribution >= 4 is 11.6 Å². The topological polar surface area (TPSA) is 35.9 Å². The van der Waals surface area contributed by atoms with Gasteiger partial charge in [0.25, 0.3) is 5.91 Å². The summed E-state index contributed by atoms with van der Waals surface area (Å²) >= 11 is 0. The number of amides is 1. The van der Waals surface area contributed by atoms with Crippen LogP contribution < -0.4 is 0 Å². The van der Waals surface area contributed by atoms with Gasteiger partial charge in [-0.3, -0.25) is 9.69 Å². The predicted octanol–water partition coefficient (Wildman–Crippen LogP) is 3.91. The lowest BCUT2D eigenvalue weighted by molar-refractivity contribution is -0.134. The maximum Gasteiger partial charge on any atom is 0.257 e. The molecular weight excluding hydrogens is 341 g/mol. The number of likely N-dealkylation sites (tertiary alicyclic amines) is 1. The van der Waals surface area contributed by atoms with Crippen molar-refractivity contribution in [2.24, 2.45) is 5.10 Å². The van der Waals surface area contributed by atoms with Gasteiger partial charge >= 0.3 is 0 Å². The summed E-state index contributed by atoms with van der Waals surface area (Å²) in [5.41, 5.74) is 3.49. The predicted molar refractivity (Wildman–Crippen MR) is 104 cm³/mol. The average Bonchev–Trinajstić information content (AvgIpc) is 3.32. The molecule has 140 valence electrons. The van der Waals surface area contributed by atoms with Crippen LogP contribution in [0.1, 0.15) is 42.0 Å². The van der Waals surface area contributed by atoms with Crippen molar-refractivity contribution in [1.29, 1.82) is 0 Å². The highest BCUT2D eigenvalue weighted by molar-refractivity contribution is 6.03. The second-order valence-corrected chi connectivity index (χ2v) is 7.38. The molecule has 1 atom stereocenters. The highest BCUT2D eigenvalue weighted by Crippen LogP contribution is 2.34. The van der Waals surface area contributed by atoms with E-state index in [0.29, 0.717) is 18.5 Å². The van der Waals surface area contributed by atoms with Gasteiger partial charge in [0, 0.05) is 12.0 Å². The Kier molecular flexibility index (Phi) is 5.03. The molecule has 0 aromatic heterocycles. The minimum Gasteiger partial charge on any atom is -0.294 e. The molecule has 1 amide bonds. The van der Waals surface area contributed by atoms with Crippen molar-refractivity contribution in [3.05, 3.63) is 71.0 Å². The molecule has 5 heteroatoms. The molecule has 0 N–H and O–H groups in total. The van der Waals surface area contributed by atoms with Gasteiger partial charge in [0.05, 0.1) is 18.3 Å². The van der Waals surface area contributed by atoms with E-state index in [1.165, 1.54) is 11.1 Å². The Hall–Kier alpha value is -2.53. The van der Waals surface area contributed by atoms with Crippen molar-refractivity contribution in [2.75, 3.05) is 19.6 Å². The van der Waals surface area contributed by atoms with E-state index >= 15 is 0 Å². The number of rotatable bonds is 4. The first kappa shape index (κ1) is 17.9. The average molecular weight is 365 g/mol. The molecule has 0 unspecified atom stereocenters. The molecule has 2 heterocycles. The van der Waals surface area contributed by atoms with Crippen molar-refractivity contribution < 1.29 is 9.18 Å². The maximum atomic E-state index is 14.5. The quantitative estimate of drug-likeness (QED) is 0.824. The molecule has 0 bridgehead atoms. The Morgan fingerprint density at radius 2 is 1.93 bits per heavy atom. The van der Waals surface area contributed by atoms with Gasteiger partial charge in [-0.2, -0.15) is 5.10 Å². The van der Waals surface area contributed by atoms with Gasteiger partial charge in [0.2, 0.25) is 0 Å². The van der Waals surface area contributed by atoms with Gasteiger partial charge in [-0.1, -0.05) is 48.0 Å². The highest BCUT2D eigenvalue weighted by atomic mass is 19.1. The van der Waals surface area contributed by atoms with Crippen LogP contribution in [0.15, 0.2) is 53.6 Å². The highest BCUT2D eigenvalue weighted by Gasteiger charge is 2.35. The first-order valence-corrected chi connectivity index (χ1v) is 9.55. The van der Waals surface area contributed by atoms with Crippen LogP contribution in [-0.4, -0.2) is 41.2 Å². The van der Waals surface area contributed by atoms with Crippen molar-refractivity contribution in [3.63, 3.8) is 0 Å². The SMILES string of the molecule is Cc1cccc(C2=NN(C(=O)CN3CCCC3)[C@@H](c3ccccc3F)C2)c1. The number of hydrogen-bond acceptors (Lipinski definition) is 3. The van der Waals surface area contributed by atoms with Crippen molar-refractivity contribution in [2.45, 2.75) is 32.2 Å². The van der Waals surface area contributed by atoms with E-state index in [1.54, 1.807) is 12.1 Å². The molecule has 4 rings (SSSR count). The number of halogens is 1. The van der Waals surface area contributed by atoms with Crippen LogP contribution in [0.25, 0.3) is 0 Å². The summed E-state index contributed by atoms with van der Waals surface area (Å²) in [6.45, 7) is 4.26. The number of hydrogen-bond donors (Lipinski definition) is 0. The van der Waals surface area contributed by atoms with Crippen molar-refractivity contribution in [3.8, 4) is 0 Å². The zero-order valence-electron chi connectivity index (χ0n) is 15.6. The summed E-state index contributed by atoms with van der Waals surface area (Å²) in [5.74, 6) is -0.352. The van der Waals surface area contributed by atoms with E-state index in [2.05, 4.69) is 16.1 Å². The minimum atomic E-state index is -0.392. The van der Waals surface area contributed by atoms with Crippen LogP contribution in [0.3, 0.4) is 0 Å². The van der Waals surface area contributed by atoms with E-state index in [0.717, 1.165) is 42.8 Å². The lowest BCUT2D eigenvalue weighted by Gasteiger charge is -2.24. The zero-order valence-corrected chi connectivity index (χ0v) is 15.6. The smallest absolute Gasteiger partial charge is 0.257 e.